The molecular formula is C14H22O12. The second-order valence-corrected chi connectivity index (χ2v) is 6.13. The zero-order chi connectivity index (χ0) is 19.8. The molecule has 150 valence electrons. The Hall–Kier alpha value is -1.38. The van der Waals surface area contributed by atoms with Gasteiger partial charge in [-0.25, -0.2) is 9.59 Å². The van der Waals surface area contributed by atoms with E-state index in [0.29, 0.717) is 0 Å². The lowest BCUT2D eigenvalue weighted by molar-refractivity contribution is -0.334. The van der Waals surface area contributed by atoms with E-state index in [4.69, 9.17) is 18.9 Å². The summed E-state index contributed by atoms with van der Waals surface area (Å²) >= 11 is 0. The maximum atomic E-state index is 11.4. The van der Waals surface area contributed by atoms with E-state index in [2.05, 4.69) is 0 Å². The van der Waals surface area contributed by atoms with Crippen LogP contribution < -0.4 is 0 Å². The van der Waals surface area contributed by atoms with Gasteiger partial charge in [-0.3, -0.25) is 0 Å². The molecule has 2 saturated heterocycles. The Bertz CT molecular complexity index is 526. The van der Waals surface area contributed by atoms with Crippen LogP contribution in [0.1, 0.15) is 6.92 Å². The van der Waals surface area contributed by atoms with Crippen molar-refractivity contribution in [1.82, 2.24) is 0 Å². The van der Waals surface area contributed by atoms with Crippen LogP contribution in [0, 0.1) is 0 Å². The average molecular weight is 382 g/mol. The Morgan fingerprint density at radius 2 is 1.31 bits per heavy atom. The quantitative estimate of drug-likeness (QED) is 0.275. The summed E-state index contributed by atoms with van der Waals surface area (Å²) in [6.07, 6.45) is -16.1. The van der Waals surface area contributed by atoms with E-state index in [1.165, 1.54) is 6.92 Å². The molecule has 12 nitrogen and oxygen atoms in total. The molecule has 26 heavy (non-hydrogen) atoms. The topological polar surface area (TPSA) is 192 Å². The second kappa shape index (κ2) is 8.10. The highest BCUT2D eigenvalue weighted by Gasteiger charge is 2.53. The third kappa shape index (κ3) is 3.82. The monoisotopic (exact) mass is 382 g/mol. The lowest BCUT2D eigenvalue weighted by atomic mass is 9.94. The molecule has 2 heterocycles. The van der Waals surface area contributed by atoms with Crippen molar-refractivity contribution in [3.05, 3.63) is 0 Å². The van der Waals surface area contributed by atoms with Gasteiger partial charge in [-0.05, 0) is 6.92 Å². The lowest BCUT2D eigenvalue weighted by Crippen LogP contribution is -2.65. The third-order valence-corrected chi connectivity index (χ3v) is 4.42. The summed E-state index contributed by atoms with van der Waals surface area (Å²) in [6.45, 7) is 1.35. The fraction of sp³-hybridized carbons (Fsp3) is 0.857. The average Bonchev–Trinajstić information content (AvgIpc) is 2.58. The molecule has 0 bridgehead atoms. The summed E-state index contributed by atoms with van der Waals surface area (Å²) in [5.74, 6) is -3.02. The van der Waals surface area contributed by atoms with Crippen molar-refractivity contribution in [2.24, 2.45) is 0 Å². The molecule has 10 atom stereocenters. The molecule has 0 spiro atoms. The van der Waals surface area contributed by atoms with Gasteiger partial charge in [-0.15, -0.1) is 0 Å². The van der Waals surface area contributed by atoms with Gasteiger partial charge in [0.2, 0.25) is 0 Å². The van der Waals surface area contributed by atoms with Gasteiger partial charge in [0.25, 0.3) is 0 Å². The summed E-state index contributed by atoms with van der Waals surface area (Å²) in [6, 6.07) is 0. The Morgan fingerprint density at radius 3 is 1.81 bits per heavy atom. The maximum Gasteiger partial charge on any atom is 0.335 e. The summed E-state index contributed by atoms with van der Waals surface area (Å²) < 4.78 is 20.2. The standard InChI is InChI=1S/C14H22O12/c1-3-4(15)5(16)9(11(24-3)13(21)22)25-14-7(18)6(17)8(23-2)10(26-14)12(19)20/h3-11,14-18H,1-2H3,(H,19,20)(H,21,22)/t3-,4+,5+,6+,7-,8-,9-,10-,11+,14+/m0/s1. The molecule has 0 aromatic heterocycles. The smallest absolute Gasteiger partial charge is 0.335 e. The van der Waals surface area contributed by atoms with Gasteiger partial charge >= 0.3 is 11.9 Å². The number of rotatable bonds is 5. The summed E-state index contributed by atoms with van der Waals surface area (Å²) in [5, 5.41) is 58.5. The molecule has 0 aromatic rings. The molecule has 0 aliphatic carbocycles. The fourth-order valence-electron chi connectivity index (χ4n) is 2.96. The van der Waals surface area contributed by atoms with Gasteiger partial charge < -0.3 is 49.6 Å². The molecule has 2 fully saturated rings. The number of aliphatic carboxylic acids is 2. The number of carbonyl (C=O) groups is 2. The Morgan fingerprint density at radius 1 is 0.808 bits per heavy atom. The van der Waals surface area contributed by atoms with Gasteiger partial charge in [-0.2, -0.15) is 0 Å². The number of methoxy groups -OCH3 is 1. The summed E-state index contributed by atoms with van der Waals surface area (Å²) in [4.78, 5) is 22.6. The Balaban J connectivity index is 2.23. The largest absolute Gasteiger partial charge is 0.479 e. The SMILES string of the molecule is CO[C@H]1[C@H](O)[C@H](O)[C@H](O[C@H]2[C@H](O)[C@H](O)[C@H](C)O[C@H]2C(=O)O)O[C@@H]1C(=O)O. The highest BCUT2D eigenvalue weighted by Crippen LogP contribution is 2.30. The van der Waals surface area contributed by atoms with Crippen LogP contribution >= 0.6 is 0 Å². The van der Waals surface area contributed by atoms with Crippen LogP contribution in [-0.4, -0.2) is 111 Å². The van der Waals surface area contributed by atoms with Crippen molar-refractivity contribution in [3.63, 3.8) is 0 Å². The third-order valence-electron chi connectivity index (χ3n) is 4.42. The molecule has 0 unspecified atom stereocenters. The van der Waals surface area contributed by atoms with E-state index < -0.39 is 73.2 Å². The van der Waals surface area contributed by atoms with E-state index in [-0.39, 0.29) is 0 Å². The maximum absolute atomic E-state index is 11.4. The fourth-order valence-corrected chi connectivity index (χ4v) is 2.96. The van der Waals surface area contributed by atoms with Crippen LogP contribution in [0.25, 0.3) is 0 Å². The van der Waals surface area contributed by atoms with Crippen molar-refractivity contribution in [2.75, 3.05) is 7.11 Å². The molecule has 0 radical (unpaired) electrons. The zero-order valence-corrected chi connectivity index (χ0v) is 13.9. The summed E-state index contributed by atoms with van der Waals surface area (Å²) in [7, 11) is 1.11. The van der Waals surface area contributed by atoms with E-state index in [1.54, 1.807) is 0 Å². The summed E-state index contributed by atoms with van der Waals surface area (Å²) in [5.41, 5.74) is 0. The molecule has 0 amide bonds. The van der Waals surface area contributed by atoms with Crippen LogP contribution in [0.2, 0.25) is 0 Å². The normalized spacial score (nSPS) is 46.7. The van der Waals surface area contributed by atoms with Crippen LogP contribution in [0.15, 0.2) is 0 Å². The first kappa shape index (κ1) is 20.9. The molecule has 12 heteroatoms. The minimum atomic E-state index is -1.82. The van der Waals surface area contributed by atoms with Gasteiger partial charge in [0.05, 0.1) is 6.10 Å². The highest BCUT2D eigenvalue weighted by atomic mass is 16.7. The molecular weight excluding hydrogens is 360 g/mol. The molecule has 2 aliphatic rings. The van der Waals surface area contributed by atoms with Crippen LogP contribution in [0.5, 0.6) is 0 Å². The lowest BCUT2D eigenvalue weighted by Gasteiger charge is -2.45. The first-order chi connectivity index (χ1) is 12.1. The van der Waals surface area contributed by atoms with Gasteiger partial charge in [-0.1, -0.05) is 0 Å². The molecule has 0 aromatic carbocycles. The first-order valence-electron chi connectivity index (χ1n) is 7.77. The second-order valence-electron chi connectivity index (χ2n) is 6.13. The number of aliphatic hydroxyl groups excluding tert-OH is 4. The van der Waals surface area contributed by atoms with Gasteiger partial charge in [0.15, 0.2) is 18.5 Å². The Labute approximate surface area is 147 Å². The van der Waals surface area contributed by atoms with Crippen molar-refractivity contribution >= 4 is 11.9 Å². The van der Waals surface area contributed by atoms with Crippen molar-refractivity contribution in [3.8, 4) is 0 Å². The van der Waals surface area contributed by atoms with Crippen molar-refractivity contribution in [2.45, 2.75) is 68.1 Å². The molecule has 0 saturated carbocycles. The minimum absolute atomic E-state index is 1.02. The van der Waals surface area contributed by atoms with E-state index >= 15 is 0 Å². The van der Waals surface area contributed by atoms with E-state index in [9.17, 15) is 40.2 Å². The van der Waals surface area contributed by atoms with Crippen LogP contribution in [0.3, 0.4) is 0 Å². The zero-order valence-electron chi connectivity index (χ0n) is 13.9. The number of ether oxygens (including phenoxy) is 4. The van der Waals surface area contributed by atoms with E-state index in [0.717, 1.165) is 7.11 Å². The number of hydrogen-bond donors (Lipinski definition) is 6. The number of hydrogen-bond acceptors (Lipinski definition) is 10. The number of aliphatic hydroxyl groups is 4. The van der Waals surface area contributed by atoms with Gasteiger partial charge in [0.1, 0.15) is 36.6 Å². The van der Waals surface area contributed by atoms with E-state index in [1.807, 2.05) is 0 Å². The minimum Gasteiger partial charge on any atom is -0.479 e. The highest BCUT2D eigenvalue weighted by molar-refractivity contribution is 5.74. The Kier molecular flexibility index (Phi) is 6.52. The number of carboxylic acid groups (broad SMARTS) is 2. The van der Waals surface area contributed by atoms with Crippen LogP contribution in [-0.2, 0) is 28.5 Å². The van der Waals surface area contributed by atoms with Crippen LogP contribution in [0.4, 0.5) is 0 Å². The predicted octanol–water partition coefficient (Wildman–Crippen LogP) is -3.49. The molecule has 2 rings (SSSR count). The molecule has 6 N–H and O–H groups in total. The number of carboxylic acids is 2. The van der Waals surface area contributed by atoms with Crippen molar-refractivity contribution < 1.29 is 59.2 Å². The van der Waals surface area contributed by atoms with Gasteiger partial charge in [0, 0.05) is 7.11 Å². The molecule has 2 aliphatic heterocycles. The first-order valence-corrected chi connectivity index (χ1v) is 7.77. The predicted molar refractivity (Wildman–Crippen MR) is 78.0 cm³/mol. The van der Waals surface area contributed by atoms with Crippen molar-refractivity contribution in [1.29, 1.82) is 0 Å².